The molecular formula is C17H16FNO2. The van der Waals surface area contributed by atoms with Crippen molar-refractivity contribution < 1.29 is 14.3 Å². The van der Waals surface area contributed by atoms with E-state index in [1.54, 1.807) is 23.1 Å². The van der Waals surface area contributed by atoms with E-state index in [0.717, 1.165) is 24.1 Å². The summed E-state index contributed by atoms with van der Waals surface area (Å²) in [5, 5.41) is 9.62. The fraction of sp³-hybridized carbons (Fsp3) is 0.235. The van der Waals surface area contributed by atoms with Gasteiger partial charge >= 0.3 is 5.97 Å². The lowest BCUT2D eigenvalue weighted by Gasteiger charge is -2.36. The first kappa shape index (κ1) is 13.6. The van der Waals surface area contributed by atoms with E-state index in [0.29, 0.717) is 6.54 Å². The summed E-state index contributed by atoms with van der Waals surface area (Å²) in [4.78, 5) is 13.5. The predicted octanol–water partition coefficient (Wildman–Crippen LogP) is 3.40. The average molecular weight is 285 g/mol. The van der Waals surface area contributed by atoms with Crippen LogP contribution in [0.3, 0.4) is 0 Å². The van der Waals surface area contributed by atoms with E-state index in [1.807, 2.05) is 24.3 Å². The Bertz CT molecular complexity index is 671. The zero-order valence-electron chi connectivity index (χ0n) is 11.5. The normalized spacial score (nSPS) is 15.4. The molecule has 1 unspecified atom stereocenters. The van der Waals surface area contributed by atoms with Crippen molar-refractivity contribution in [2.45, 2.75) is 18.9 Å². The minimum Gasteiger partial charge on any atom is -0.479 e. The van der Waals surface area contributed by atoms with Gasteiger partial charge in [0, 0.05) is 17.8 Å². The molecule has 1 N–H and O–H groups in total. The fourth-order valence-electron chi connectivity index (χ4n) is 2.96. The molecule has 2 aromatic rings. The quantitative estimate of drug-likeness (QED) is 0.939. The van der Waals surface area contributed by atoms with E-state index in [2.05, 4.69) is 0 Å². The van der Waals surface area contributed by atoms with Crippen LogP contribution >= 0.6 is 0 Å². The zero-order valence-corrected chi connectivity index (χ0v) is 11.5. The summed E-state index contributed by atoms with van der Waals surface area (Å²) in [6.07, 6.45) is 1.80. The third-order valence-corrected chi connectivity index (χ3v) is 3.89. The van der Waals surface area contributed by atoms with Gasteiger partial charge in [0.1, 0.15) is 5.82 Å². The molecule has 0 saturated carbocycles. The van der Waals surface area contributed by atoms with Crippen LogP contribution in [0.15, 0.2) is 48.5 Å². The Labute approximate surface area is 122 Å². The fourth-order valence-corrected chi connectivity index (χ4v) is 2.96. The van der Waals surface area contributed by atoms with E-state index in [9.17, 15) is 14.3 Å². The van der Waals surface area contributed by atoms with Gasteiger partial charge in [-0.1, -0.05) is 36.4 Å². The Morgan fingerprint density at radius 2 is 1.86 bits per heavy atom. The Hall–Kier alpha value is -2.36. The number of hydrogen-bond acceptors (Lipinski definition) is 2. The predicted molar refractivity (Wildman–Crippen MR) is 78.9 cm³/mol. The third kappa shape index (κ3) is 2.49. The van der Waals surface area contributed by atoms with Crippen molar-refractivity contribution in [1.29, 1.82) is 0 Å². The second-order valence-electron chi connectivity index (χ2n) is 5.19. The highest BCUT2D eigenvalue weighted by atomic mass is 19.1. The molecule has 0 amide bonds. The van der Waals surface area contributed by atoms with E-state index >= 15 is 0 Å². The first-order valence-corrected chi connectivity index (χ1v) is 7.00. The van der Waals surface area contributed by atoms with Crippen LogP contribution in [0, 0.1) is 5.82 Å². The van der Waals surface area contributed by atoms with Crippen LogP contribution in [0.2, 0.25) is 0 Å². The summed E-state index contributed by atoms with van der Waals surface area (Å²) in [6, 6.07) is 12.8. The van der Waals surface area contributed by atoms with Gasteiger partial charge in [0.25, 0.3) is 0 Å². The highest BCUT2D eigenvalue weighted by Crippen LogP contribution is 2.35. The van der Waals surface area contributed by atoms with Gasteiger partial charge in [0.15, 0.2) is 6.04 Å². The van der Waals surface area contributed by atoms with Crippen LogP contribution in [0.1, 0.15) is 23.6 Å². The number of hydrogen-bond donors (Lipinski definition) is 1. The lowest BCUT2D eigenvalue weighted by molar-refractivity contribution is -0.138. The van der Waals surface area contributed by atoms with Crippen LogP contribution in [-0.4, -0.2) is 17.6 Å². The molecule has 108 valence electrons. The summed E-state index contributed by atoms with van der Waals surface area (Å²) >= 11 is 0. The maximum Gasteiger partial charge on any atom is 0.331 e. The number of aliphatic carboxylic acids is 1. The molecule has 1 atom stereocenters. The van der Waals surface area contributed by atoms with Gasteiger partial charge in [-0.3, -0.25) is 0 Å². The number of anilines is 1. The molecule has 1 heterocycles. The monoisotopic (exact) mass is 285 g/mol. The van der Waals surface area contributed by atoms with E-state index in [-0.39, 0.29) is 5.56 Å². The van der Waals surface area contributed by atoms with Crippen molar-refractivity contribution >= 4 is 11.7 Å². The lowest BCUT2D eigenvalue weighted by Crippen LogP contribution is -2.38. The molecule has 1 aliphatic rings. The average Bonchev–Trinajstić information content (AvgIpc) is 2.49. The Morgan fingerprint density at radius 3 is 2.62 bits per heavy atom. The highest BCUT2D eigenvalue weighted by molar-refractivity contribution is 5.81. The standard InChI is InChI=1S/C17H16FNO2/c18-14-9-3-2-8-13(14)16(17(20)21)19-11-5-7-12-6-1-4-10-15(12)19/h1-4,6,8-10,16H,5,7,11H2,(H,20,21). The molecule has 3 nitrogen and oxygen atoms in total. The van der Waals surface area contributed by atoms with Crippen molar-refractivity contribution in [3.63, 3.8) is 0 Å². The van der Waals surface area contributed by atoms with Gasteiger partial charge in [0.2, 0.25) is 0 Å². The Balaban J connectivity index is 2.08. The molecule has 2 aromatic carbocycles. The van der Waals surface area contributed by atoms with Crippen LogP contribution in [0.4, 0.5) is 10.1 Å². The maximum atomic E-state index is 14.0. The van der Waals surface area contributed by atoms with Gasteiger partial charge < -0.3 is 10.0 Å². The first-order chi connectivity index (χ1) is 10.2. The second-order valence-corrected chi connectivity index (χ2v) is 5.19. The van der Waals surface area contributed by atoms with Crippen molar-refractivity contribution in [2.75, 3.05) is 11.4 Å². The van der Waals surface area contributed by atoms with Crippen molar-refractivity contribution in [1.82, 2.24) is 0 Å². The maximum absolute atomic E-state index is 14.0. The number of fused-ring (bicyclic) bond motifs is 1. The number of carboxylic acids is 1. The number of benzene rings is 2. The molecule has 0 saturated heterocycles. The number of halogens is 1. The second kappa shape index (κ2) is 5.56. The van der Waals surface area contributed by atoms with Crippen molar-refractivity contribution in [2.24, 2.45) is 0 Å². The van der Waals surface area contributed by atoms with E-state index in [4.69, 9.17) is 0 Å². The molecular weight excluding hydrogens is 269 g/mol. The smallest absolute Gasteiger partial charge is 0.331 e. The van der Waals surface area contributed by atoms with Crippen LogP contribution in [0.5, 0.6) is 0 Å². The number of para-hydroxylation sites is 1. The molecule has 0 aromatic heterocycles. The minimum atomic E-state index is -1.03. The molecule has 3 rings (SSSR count). The van der Waals surface area contributed by atoms with Gasteiger partial charge in [-0.05, 0) is 30.5 Å². The SMILES string of the molecule is O=C(O)C(c1ccccc1F)N1CCCc2ccccc21. The highest BCUT2D eigenvalue weighted by Gasteiger charge is 2.32. The minimum absolute atomic E-state index is 0.210. The van der Waals surface area contributed by atoms with E-state index < -0.39 is 17.8 Å². The van der Waals surface area contributed by atoms with Crippen molar-refractivity contribution in [3.05, 3.63) is 65.5 Å². The number of carboxylic acid groups (broad SMARTS) is 1. The third-order valence-electron chi connectivity index (χ3n) is 3.89. The summed E-state index contributed by atoms with van der Waals surface area (Å²) in [5.74, 6) is -1.51. The van der Waals surface area contributed by atoms with Gasteiger partial charge in [-0.15, -0.1) is 0 Å². The van der Waals surface area contributed by atoms with Crippen LogP contribution < -0.4 is 4.90 Å². The number of rotatable bonds is 3. The molecule has 0 aliphatic carbocycles. The summed E-state index contributed by atoms with van der Waals surface area (Å²) in [5.41, 5.74) is 2.22. The van der Waals surface area contributed by atoms with Gasteiger partial charge in [-0.2, -0.15) is 0 Å². The molecule has 1 aliphatic heterocycles. The molecule has 4 heteroatoms. The Morgan fingerprint density at radius 1 is 1.14 bits per heavy atom. The molecule has 0 spiro atoms. The van der Waals surface area contributed by atoms with E-state index in [1.165, 1.54) is 6.07 Å². The first-order valence-electron chi connectivity index (χ1n) is 7.00. The lowest BCUT2D eigenvalue weighted by atomic mass is 9.97. The topological polar surface area (TPSA) is 40.5 Å². The molecule has 21 heavy (non-hydrogen) atoms. The zero-order chi connectivity index (χ0) is 14.8. The molecule has 0 radical (unpaired) electrons. The Kier molecular flexibility index (Phi) is 3.60. The summed E-state index contributed by atoms with van der Waals surface area (Å²) in [7, 11) is 0. The number of carbonyl (C=O) groups is 1. The van der Waals surface area contributed by atoms with Crippen LogP contribution in [0.25, 0.3) is 0 Å². The van der Waals surface area contributed by atoms with Gasteiger partial charge in [0.05, 0.1) is 0 Å². The molecule has 0 fully saturated rings. The summed E-state index contributed by atoms with van der Waals surface area (Å²) in [6.45, 7) is 0.613. The molecule has 0 bridgehead atoms. The largest absolute Gasteiger partial charge is 0.479 e. The summed E-state index contributed by atoms with van der Waals surface area (Å²) < 4.78 is 14.0. The van der Waals surface area contributed by atoms with Crippen LogP contribution in [-0.2, 0) is 11.2 Å². The van der Waals surface area contributed by atoms with Gasteiger partial charge in [-0.25, -0.2) is 9.18 Å². The van der Waals surface area contributed by atoms with Crippen molar-refractivity contribution in [3.8, 4) is 0 Å². The number of aryl methyl sites for hydroxylation is 1. The number of nitrogens with zero attached hydrogens (tertiary/aromatic N) is 1.